The highest BCUT2D eigenvalue weighted by Crippen LogP contribution is 2.30. The average Bonchev–Trinajstić information content (AvgIpc) is 2.89. The standard InChI is InChI=1S/C15H22N2O2S/c1-15(2,3)20-13-9-11(5-7-16-13)14(18)17(4)12-6-8-19-10-12/h5,7,9,12H,6,8,10H2,1-4H3/t12-/m1/s1. The Hall–Kier alpha value is -1.07. The topological polar surface area (TPSA) is 42.4 Å². The van der Waals surface area contributed by atoms with Gasteiger partial charge in [0.15, 0.2) is 0 Å². The van der Waals surface area contributed by atoms with Crippen LogP contribution in [-0.4, -0.2) is 46.8 Å². The molecule has 1 fully saturated rings. The molecule has 5 heteroatoms. The zero-order chi connectivity index (χ0) is 14.8. The molecule has 1 atom stereocenters. The molecule has 2 heterocycles. The minimum absolute atomic E-state index is 0.0404. The first-order valence-electron chi connectivity index (χ1n) is 6.87. The molecule has 0 saturated carbocycles. The van der Waals surface area contributed by atoms with E-state index in [1.54, 1.807) is 28.9 Å². The molecule has 1 aliphatic rings. The number of pyridine rings is 1. The average molecular weight is 294 g/mol. The van der Waals surface area contributed by atoms with E-state index in [0.29, 0.717) is 12.2 Å². The summed E-state index contributed by atoms with van der Waals surface area (Å²) in [4.78, 5) is 18.6. The van der Waals surface area contributed by atoms with Crippen LogP contribution in [0.25, 0.3) is 0 Å². The van der Waals surface area contributed by atoms with Gasteiger partial charge in [-0.15, -0.1) is 11.8 Å². The molecule has 110 valence electrons. The molecular weight excluding hydrogens is 272 g/mol. The van der Waals surface area contributed by atoms with E-state index >= 15 is 0 Å². The van der Waals surface area contributed by atoms with Gasteiger partial charge in [-0.2, -0.15) is 0 Å². The van der Waals surface area contributed by atoms with Crippen molar-refractivity contribution in [3.05, 3.63) is 23.9 Å². The highest BCUT2D eigenvalue weighted by Gasteiger charge is 2.25. The van der Waals surface area contributed by atoms with Crippen molar-refractivity contribution in [1.82, 2.24) is 9.88 Å². The quantitative estimate of drug-likeness (QED) is 0.804. The molecule has 0 bridgehead atoms. The normalized spacial score (nSPS) is 19.1. The van der Waals surface area contributed by atoms with Gasteiger partial charge in [-0.1, -0.05) is 20.8 Å². The molecule has 0 radical (unpaired) electrons. The van der Waals surface area contributed by atoms with Gasteiger partial charge in [0.2, 0.25) is 0 Å². The monoisotopic (exact) mass is 294 g/mol. The maximum atomic E-state index is 12.5. The number of ether oxygens (including phenoxy) is 1. The molecule has 1 aliphatic heterocycles. The Morgan fingerprint density at radius 2 is 2.25 bits per heavy atom. The van der Waals surface area contributed by atoms with Crippen molar-refractivity contribution >= 4 is 17.7 Å². The lowest BCUT2D eigenvalue weighted by molar-refractivity contribution is 0.0711. The smallest absolute Gasteiger partial charge is 0.254 e. The maximum absolute atomic E-state index is 12.5. The molecule has 1 saturated heterocycles. The number of aromatic nitrogens is 1. The Morgan fingerprint density at radius 3 is 2.85 bits per heavy atom. The van der Waals surface area contributed by atoms with Gasteiger partial charge < -0.3 is 9.64 Å². The fraction of sp³-hybridized carbons (Fsp3) is 0.600. The van der Waals surface area contributed by atoms with E-state index in [1.165, 1.54) is 0 Å². The zero-order valence-corrected chi connectivity index (χ0v) is 13.4. The molecular formula is C15H22N2O2S. The Labute approximate surface area is 124 Å². The van der Waals surface area contributed by atoms with Crippen LogP contribution in [0.1, 0.15) is 37.6 Å². The van der Waals surface area contributed by atoms with Gasteiger partial charge in [0.1, 0.15) is 0 Å². The predicted octanol–water partition coefficient (Wildman–Crippen LogP) is 2.83. The van der Waals surface area contributed by atoms with Crippen molar-refractivity contribution in [2.24, 2.45) is 0 Å². The first-order valence-corrected chi connectivity index (χ1v) is 7.68. The third kappa shape index (κ3) is 3.96. The number of hydrogen-bond acceptors (Lipinski definition) is 4. The summed E-state index contributed by atoms with van der Waals surface area (Å²) in [6, 6.07) is 3.85. The lowest BCUT2D eigenvalue weighted by Gasteiger charge is -2.23. The summed E-state index contributed by atoms with van der Waals surface area (Å²) in [6.45, 7) is 7.78. The van der Waals surface area contributed by atoms with Crippen molar-refractivity contribution in [2.75, 3.05) is 20.3 Å². The highest BCUT2D eigenvalue weighted by atomic mass is 32.2. The summed E-state index contributed by atoms with van der Waals surface area (Å²) in [5.41, 5.74) is 0.696. The van der Waals surface area contributed by atoms with E-state index in [1.807, 2.05) is 13.1 Å². The summed E-state index contributed by atoms with van der Waals surface area (Å²) in [6.07, 6.45) is 2.62. The second-order valence-corrected chi connectivity index (χ2v) is 7.88. The lowest BCUT2D eigenvalue weighted by Crippen LogP contribution is -2.37. The fourth-order valence-electron chi connectivity index (χ4n) is 2.11. The van der Waals surface area contributed by atoms with Crippen LogP contribution >= 0.6 is 11.8 Å². The van der Waals surface area contributed by atoms with Crippen molar-refractivity contribution in [1.29, 1.82) is 0 Å². The molecule has 1 aromatic heterocycles. The van der Waals surface area contributed by atoms with Gasteiger partial charge in [0, 0.05) is 30.2 Å². The van der Waals surface area contributed by atoms with E-state index in [9.17, 15) is 4.79 Å². The SMILES string of the molecule is CN(C(=O)c1ccnc(SC(C)(C)C)c1)[C@@H]1CCOC1. The number of carbonyl (C=O) groups excluding carboxylic acids is 1. The van der Waals surface area contributed by atoms with Crippen LogP contribution in [0.15, 0.2) is 23.4 Å². The predicted molar refractivity (Wildman–Crippen MR) is 81.2 cm³/mol. The molecule has 1 aromatic rings. The number of thioether (sulfide) groups is 1. The van der Waals surface area contributed by atoms with Gasteiger partial charge in [-0.25, -0.2) is 4.98 Å². The minimum Gasteiger partial charge on any atom is -0.379 e. The van der Waals surface area contributed by atoms with Crippen LogP contribution in [0, 0.1) is 0 Å². The fourth-order valence-corrected chi connectivity index (χ4v) is 3.04. The van der Waals surface area contributed by atoms with Crippen molar-refractivity contribution in [3.63, 3.8) is 0 Å². The largest absolute Gasteiger partial charge is 0.379 e. The second kappa shape index (κ2) is 6.14. The van der Waals surface area contributed by atoms with Gasteiger partial charge in [0.25, 0.3) is 5.91 Å². The molecule has 0 spiro atoms. The summed E-state index contributed by atoms with van der Waals surface area (Å²) in [5.74, 6) is 0.0404. The molecule has 2 rings (SSSR count). The van der Waals surface area contributed by atoms with Gasteiger partial charge in [-0.3, -0.25) is 4.79 Å². The van der Waals surface area contributed by atoms with Gasteiger partial charge in [-0.05, 0) is 18.6 Å². The van der Waals surface area contributed by atoms with E-state index in [-0.39, 0.29) is 16.7 Å². The lowest BCUT2D eigenvalue weighted by atomic mass is 10.2. The summed E-state index contributed by atoms with van der Waals surface area (Å²) in [5, 5.41) is 0.888. The van der Waals surface area contributed by atoms with Crippen LogP contribution in [-0.2, 0) is 4.74 Å². The number of carbonyl (C=O) groups is 1. The van der Waals surface area contributed by atoms with E-state index < -0.39 is 0 Å². The van der Waals surface area contributed by atoms with Crippen molar-refractivity contribution in [3.8, 4) is 0 Å². The number of hydrogen-bond donors (Lipinski definition) is 0. The highest BCUT2D eigenvalue weighted by molar-refractivity contribution is 8.00. The third-order valence-electron chi connectivity index (χ3n) is 3.17. The number of nitrogens with zero attached hydrogens (tertiary/aromatic N) is 2. The summed E-state index contributed by atoms with van der Waals surface area (Å²) >= 11 is 1.67. The summed E-state index contributed by atoms with van der Waals surface area (Å²) in [7, 11) is 1.85. The van der Waals surface area contributed by atoms with Crippen LogP contribution in [0.3, 0.4) is 0 Å². The second-order valence-electron chi connectivity index (χ2n) is 6.03. The van der Waals surface area contributed by atoms with Gasteiger partial charge >= 0.3 is 0 Å². The molecule has 0 aliphatic carbocycles. The van der Waals surface area contributed by atoms with Crippen LogP contribution in [0.2, 0.25) is 0 Å². The minimum atomic E-state index is 0.0404. The first-order chi connectivity index (χ1) is 9.37. The molecule has 0 aromatic carbocycles. The number of rotatable bonds is 3. The van der Waals surface area contributed by atoms with Crippen molar-refractivity contribution < 1.29 is 9.53 Å². The molecule has 1 amide bonds. The molecule has 0 N–H and O–H groups in total. The Balaban J connectivity index is 2.11. The Kier molecular flexibility index (Phi) is 4.70. The molecule has 20 heavy (non-hydrogen) atoms. The van der Waals surface area contributed by atoms with Crippen LogP contribution in [0.5, 0.6) is 0 Å². The third-order valence-corrected chi connectivity index (χ3v) is 4.21. The van der Waals surface area contributed by atoms with Crippen LogP contribution in [0.4, 0.5) is 0 Å². The maximum Gasteiger partial charge on any atom is 0.254 e. The van der Waals surface area contributed by atoms with Crippen molar-refractivity contribution in [2.45, 2.75) is 43.0 Å². The van der Waals surface area contributed by atoms with E-state index in [0.717, 1.165) is 18.1 Å². The zero-order valence-electron chi connectivity index (χ0n) is 12.5. The van der Waals surface area contributed by atoms with Crippen LogP contribution < -0.4 is 0 Å². The Bertz CT molecular complexity index is 479. The van der Waals surface area contributed by atoms with E-state index in [2.05, 4.69) is 25.8 Å². The Morgan fingerprint density at radius 1 is 1.50 bits per heavy atom. The number of likely N-dealkylation sites (N-methyl/N-ethyl adjacent to an activating group) is 1. The van der Waals surface area contributed by atoms with E-state index in [4.69, 9.17) is 4.74 Å². The van der Waals surface area contributed by atoms with Gasteiger partial charge in [0.05, 0.1) is 17.7 Å². The summed E-state index contributed by atoms with van der Waals surface area (Å²) < 4.78 is 5.43. The molecule has 0 unspecified atom stereocenters. The molecule has 4 nitrogen and oxygen atoms in total. The first kappa shape index (κ1) is 15.3. The number of amides is 1.